The molecule has 0 aliphatic heterocycles. The normalized spacial score (nSPS) is 10.2. The molecule has 0 amide bonds. The van der Waals surface area contributed by atoms with Crippen LogP contribution >= 0.6 is 0 Å². The van der Waals surface area contributed by atoms with Crippen LogP contribution in [0.4, 0.5) is 23.0 Å². The van der Waals surface area contributed by atoms with Crippen LogP contribution in [-0.4, -0.2) is 13.0 Å². The lowest BCUT2D eigenvalue weighted by Crippen LogP contribution is -2.02. The first-order chi connectivity index (χ1) is 10.2. The molecule has 0 bridgehead atoms. The zero-order valence-corrected chi connectivity index (χ0v) is 11.5. The Morgan fingerprint density at radius 3 is 2.18 bits per heavy atom. The molecule has 2 aromatic rings. The molecule has 0 fully saturated rings. The summed E-state index contributed by atoms with van der Waals surface area (Å²) >= 11 is 0. The minimum absolute atomic E-state index is 0.0188. The van der Waals surface area contributed by atoms with Crippen LogP contribution in [0.5, 0.6) is 0 Å². The maximum absolute atomic E-state index is 11.3. The van der Waals surface area contributed by atoms with E-state index < -0.39 is 7.25 Å². The number of hydrogen-bond acceptors (Lipinski definition) is 2. The van der Waals surface area contributed by atoms with Crippen LogP contribution in [-0.2, 0) is 0 Å². The van der Waals surface area contributed by atoms with Crippen molar-refractivity contribution < 1.29 is 22.1 Å². The van der Waals surface area contributed by atoms with Crippen LogP contribution < -0.4 is 0 Å². The molecular weight excluding hydrogens is 299 g/mol. The summed E-state index contributed by atoms with van der Waals surface area (Å²) in [6.07, 6.45) is 0. The molecule has 0 atom stereocenters. The average molecular weight is 310 g/mol. The largest absolute Gasteiger partial charge is 0.673 e. The highest BCUT2D eigenvalue weighted by Gasteiger charge is 2.20. The van der Waals surface area contributed by atoms with Crippen molar-refractivity contribution in [2.45, 2.75) is 6.92 Å². The summed E-state index contributed by atoms with van der Waals surface area (Å²) in [5, 5.41) is 8.92. The average Bonchev–Trinajstić information content (AvgIpc) is 2.45. The van der Waals surface area contributed by atoms with E-state index in [0.717, 1.165) is 11.1 Å². The lowest BCUT2D eigenvalue weighted by atomic mass is 10.0. The van der Waals surface area contributed by atoms with E-state index in [1.54, 1.807) is 24.3 Å². The number of nitrogens with zero attached hydrogens (tertiary/aromatic N) is 2. The summed E-state index contributed by atoms with van der Waals surface area (Å²) in [6.45, 7) is 1.53. The number of Topliss-reactive ketones (excluding diaryl/α,β-unsaturated/α-hetero) is 1. The summed E-state index contributed by atoms with van der Waals surface area (Å²) in [7, 11) is -6.00. The summed E-state index contributed by atoms with van der Waals surface area (Å²) in [4.78, 5) is 14.5. The minimum atomic E-state index is -6.00. The van der Waals surface area contributed by atoms with Gasteiger partial charge in [-0.3, -0.25) is 4.79 Å². The predicted octanol–water partition coefficient (Wildman–Crippen LogP) is 5.34. The minimum Gasteiger partial charge on any atom is -0.418 e. The van der Waals surface area contributed by atoms with Crippen molar-refractivity contribution >= 4 is 18.7 Å². The van der Waals surface area contributed by atoms with Crippen LogP contribution in [0.15, 0.2) is 48.5 Å². The van der Waals surface area contributed by atoms with Crippen LogP contribution in [0.1, 0.15) is 17.3 Å². The molecule has 2 rings (SSSR count). The number of benzene rings is 2. The van der Waals surface area contributed by atoms with Gasteiger partial charge in [0.1, 0.15) is 0 Å². The Hall–Kier alpha value is -2.69. The van der Waals surface area contributed by atoms with Crippen molar-refractivity contribution in [3.8, 4) is 11.1 Å². The van der Waals surface area contributed by atoms with E-state index >= 15 is 0 Å². The smallest absolute Gasteiger partial charge is 0.418 e. The summed E-state index contributed by atoms with van der Waals surface area (Å²) < 4.78 is 39.0. The second-order valence-corrected chi connectivity index (χ2v) is 4.25. The van der Waals surface area contributed by atoms with Crippen molar-refractivity contribution in [3.63, 3.8) is 0 Å². The molecule has 3 nitrogen and oxygen atoms in total. The first-order valence-electron chi connectivity index (χ1n) is 6.15. The second kappa shape index (κ2) is 7.36. The lowest BCUT2D eigenvalue weighted by Gasteiger charge is -2.01. The van der Waals surface area contributed by atoms with Crippen LogP contribution in [0.3, 0.4) is 0 Å². The monoisotopic (exact) mass is 310 g/mol. The summed E-state index contributed by atoms with van der Waals surface area (Å²) in [6, 6.07) is 14.5. The fourth-order valence-corrected chi connectivity index (χ4v) is 1.71. The SMILES string of the molecule is CC(=O)c1cccc(-c2ccccc2[N+]#N)c1.F[B-](F)(F)F. The fourth-order valence-electron chi connectivity index (χ4n) is 1.71. The Morgan fingerprint density at radius 2 is 1.64 bits per heavy atom. The molecule has 0 spiro atoms. The number of hydrogen-bond donors (Lipinski definition) is 0. The van der Waals surface area contributed by atoms with Gasteiger partial charge in [-0.05, 0) is 24.6 Å². The van der Waals surface area contributed by atoms with Crippen molar-refractivity contribution in [1.82, 2.24) is 0 Å². The first kappa shape index (κ1) is 17.4. The van der Waals surface area contributed by atoms with Crippen LogP contribution in [0.2, 0.25) is 0 Å². The summed E-state index contributed by atoms with van der Waals surface area (Å²) in [5.74, 6) is 0.0188. The van der Waals surface area contributed by atoms with Gasteiger partial charge in [-0.1, -0.05) is 30.3 Å². The van der Waals surface area contributed by atoms with E-state index in [1.165, 1.54) is 6.92 Å². The molecule has 0 unspecified atom stereocenters. The quantitative estimate of drug-likeness (QED) is 0.325. The number of ketones is 1. The highest BCUT2D eigenvalue weighted by atomic mass is 19.5. The third kappa shape index (κ3) is 5.75. The zero-order valence-electron chi connectivity index (χ0n) is 11.5. The molecular formula is C14H11BF4N2O. The molecule has 0 aliphatic rings. The first-order valence-corrected chi connectivity index (χ1v) is 6.15. The second-order valence-electron chi connectivity index (χ2n) is 4.25. The van der Waals surface area contributed by atoms with Gasteiger partial charge in [0, 0.05) is 11.6 Å². The Kier molecular flexibility index (Phi) is 5.81. The van der Waals surface area contributed by atoms with Gasteiger partial charge < -0.3 is 17.3 Å². The van der Waals surface area contributed by atoms with Gasteiger partial charge >= 0.3 is 12.9 Å². The predicted molar refractivity (Wildman–Crippen MR) is 76.8 cm³/mol. The fraction of sp³-hybridized carbons (Fsp3) is 0.0714. The van der Waals surface area contributed by atoms with E-state index in [1.807, 2.05) is 24.3 Å². The van der Waals surface area contributed by atoms with E-state index in [0.29, 0.717) is 11.3 Å². The molecule has 0 radical (unpaired) electrons. The van der Waals surface area contributed by atoms with Gasteiger partial charge in [-0.15, -0.1) is 0 Å². The molecule has 0 N–H and O–H groups in total. The van der Waals surface area contributed by atoms with E-state index in [4.69, 9.17) is 5.39 Å². The van der Waals surface area contributed by atoms with Gasteiger partial charge in [0.15, 0.2) is 10.8 Å². The Labute approximate surface area is 124 Å². The number of carbonyl (C=O) groups excluding carboxylic acids is 1. The molecule has 0 saturated heterocycles. The molecule has 8 heteroatoms. The maximum Gasteiger partial charge on any atom is 0.673 e. The maximum atomic E-state index is 11.3. The Morgan fingerprint density at radius 1 is 1.05 bits per heavy atom. The Balaban J connectivity index is 0.000000422. The molecule has 0 saturated carbocycles. The third-order valence-electron chi connectivity index (χ3n) is 2.59. The third-order valence-corrected chi connectivity index (χ3v) is 2.59. The summed E-state index contributed by atoms with van der Waals surface area (Å²) in [5.41, 5.74) is 2.81. The van der Waals surface area contributed by atoms with Crippen molar-refractivity contribution in [1.29, 1.82) is 5.39 Å². The van der Waals surface area contributed by atoms with Gasteiger partial charge in [-0.25, -0.2) is 0 Å². The van der Waals surface area contributed by atoms with Gasteiger partial charge in [0.2, 0.25) is 5.39 Å². The van der Waals surface area contributed by atoms with Crippen molar-refractivity contribution in [2.24, 2.45) is 0 Å². The van der Waals surface area contributed by atoms with Gasteiger partial charge in [-0.2, -0.15) is 0 Å². The molecule has 0 aliphatic carbocycles. The van der Waals surface area contributed by atoms with Gasteiger partial charge in [0.25, 0.3) is 0 Å². The number of diazo groups is 1. The standard InChI is InChI=1S/C14H11N2O.BF4/c1-10(17)11-5-4-6-12(9-11)13-7-2-3-8-14(13)16-15;2-1(3,4)5/h2-9H,1H3;/q+1;-1. The van der Waals surface area contributed by atoms with Crippen molar-refractivity contribution in [2.75, 3.05) is 0 Å². The van der Waals surface area contributed by atoms with Crippen molar-refractivity contribution in [3.05, 3.63) is 59.1 Å². The zero-order chi connectivity index (χ0) is 16.8. The van der Waals surface area contributed by atoms with E-state index in [2.05, 4.69) is 4.98 Å². The molecule has 0 heterocycles. The number of rotatable bonds is 2. The van der Waals surface area contributed by atoms with E-state index in [9.17, 15) is 22.1 Å². The Bertz CT molecular complexity index is 704. The van der Waals surface area contributed by atoms with Crippen LogP contribution in [0, 0.1) is 5.39 Å². The number of halogens is 4. The molecule has 114 valence electrons. The lowest BCUT2D eigenvalue weighted by molar-refractivity contribution is 0.101. The van der Waals surface area contributed by atoms with Crippen LogP contribution in [0.25, 0.3) is 16.1 Å². The number of carbonyl (C=O) groups is 1. The molecule has 22 heavy (non-hydrogen) atoms. The highest BCUT2D eigenvalue weighted by molar-refractivity contribution is 6.50. The molecule has 2 aromatic carbocycles. The highest BCUT2D eigenvalue weighted by Crippen LogP contribution is 2.30. The molecule has 0 aromatic heterocycles. The topological polar surface area (TPSA) is 45.2 Å². The van der Waals surface area contributed by atoms with Gasteiger partial charge in [0.05, 0.1) is 5.56 Å². The van der Waals surface area contributed by atoms with E-state index in [-0.39, 0.29) is 5.78 Å².